The molecule has 7 heteroatoms. The molecule has 3 rings (SSSR count). The highest BCUT2D eigenvalue weighted by atomic mass is 16.5. The first-order valence-corrected chi connectivity index (χ1v) is 12.2. The lowest BCUT2D eigenvalue weighted by Crippen LogP contribution is -2.48. The van der Waals surface area contributed by atoms with E-state index in [-0.39, 0.29) is 24.1 Å². The normalized spacial score (nSPS) is 24.2. The smallest absolute Gasteiger partial charge is 0.315 e. The van der Waals surface area contributed by atoms with Crippen LogP contribution in [0.25, 0.3) is 0 Å². The number of urea groups is 1. The third-order valence-electron chi connectivity index (χ3n) is 6.46. The van der Waals surface area contributed by atoms with Gasteiger partial charge in [0.1, 0.15) is 0 Å². The molecule has 0 aliphatic carbocycles. The first kappa shape index (κ1) is 24.5. The van der Waals surface area contributed by atoms with Gasteiger partial charge in [0.05, 0.1) is 12.2 Å². The average molecular weight is 445 g/mol. The molecule has 0 bridgehead atoms. The van der Waals surface area contributed by atoms with Crippen LogP contribution in [0.2, 0.25) is 0 Å². The fourth-order valence-electron chi connectivity index (χ4n) is 4.67. The zero-order chi connectivity index (χ0) is 22.9. The van der Waals surface area contributed by atoms with Gasteiger partial charge in [-0.3, -0.25) is 4.79 Å². The molecule has 2 fully saturated rings. The number of piperidine rings is 1. The van der Waals surface area contributed by atoms with E-state index in [4.69, 9.17) is 4.74 Å². The SMILES string of the molecule is CC1CN(C(=O)c2ccc(CNC(=O)NCCCCN3CCCCC3C)cc2)CC(C)O1. The van der Waals surface area contributed by atoms with Gasteiger partial charge >= 0.3 is 6.03 Å². The second-order valence-corrected chi connectivity index (χ2v) is 9.36. The Balaban J connectivity index is 1.32. The summed E-state index contributed by atoms with van der Waals surface area (Å²) in [6.07, 6.45) is 6.18. The number of benzene rings is 1. The van der Waals surface area contributed by atoms with Gasteiger partial charge in [0.25, 0.3) is 5.91 Å². The summed E-state index contributed by atoms with van der Waals surface area (Å²) in [6, 6.07) is 8.03. The van der Waals surface area contributed by atoms with Crippen LogP contribution in [0.4, 0.5) is 4.79 Å². The van der Waals surface area contributed by atoms with Gasteiger partial charge in [-0.1, -0.05) is 18.6 Å². The zero-order valence-electron chi connectivity index (χ0n) is 19.9. The van der Waals surface area contributed by atoms with Crippen molar-refractivity contribution in [3.8, 4) is 0 Å². The standard InChI is InChI=1S/C25H40N4O3/c1-19-8-4-6-14-28(19)15-7-5-13-26-25(31)27-16-22-9-11-23(12-10-22)24(30)29-17-20(2)32-21(3)18-29/h9-12,19-21H,4-8,13-18H2,1-3H3,(H2,26,27,31). The monoisotopic (exact) mass is 444 g/mol. The number of unbranched alkanes of at least 4 members (excludes halogenated alkanes) is 1. The number of nitrogens with zero attached hydrogens (tertiary/aromatic N) is 2. The summed E-state index contributed by atoms with van der Waals surface area (Å²) in [6.45, 7) is 11.0. The second kappa shape index (κ2) is 12.2. The fraction of sp³-hybridized carbons (Fsp3) is 0.680. The van der Waals surface area contributed by atoms with Crippen LogP contribution in [0.15, 0.2) is 24.3 Å². The summed E-state index contributed by atoms with van der Waals surface area (Å²) < 4.78 is 5.71. The highest BCUT2D eigenvalue weighted by molar-refractivity contribution is 5.94. The molecule has 2 aliphatic rings. The van der Waals surface area contributed by atoms with Gasteiger partial charge in [0, 0.05) is 37.8 Å². The van der Waals surface area contributed by atoms with Gasteiger partial charge in [-0.05, 0) is 77.2 Å². The van der Waals surface area contributed by atoms with E-state index in [1.165, 1.54) is 25.8 Å². The lowest BCUT2D eigenvalue weighted by molar-refractivity contribution is -0.0586. The van der Waals surface area contributed by atoms with Crippen molar-refractivity contribution in [1.82, 2.24) is 20.4 Å². The van der Waals surface area contributed by atoms with Crippen molar-refractivity contribution >= 4 is 11.9 Å². The second-order valence-electron chi connectivity index (χ2n) is 9.36. The Kier molecular flexibility index (Phi) is 9.36. The minimum Gasteiger partial charge on any atom is -0.372 e. The minimum absolute atomic E-state index is 0.0307. The van der Waals surface area contributed by atoms with Crippen LogP contribution in [0.5, 0.6) is 0 Å². The first-order valence-electron chi connectivity index (χ1n) is 12.2. The Morgan fingerprint density at radius 1 is 1.00 bits per heavy atom. The Bertz CT molecular complexity index is 729. The molecule has 3 amide bonds. The molecular weight excluding hydrogens is 404 g/mol. The van der Waals surface area contributed by atoms with Crippen molar-refractivity contribution in [2.75, 3.05) is 32.7 Å². The molecule has 178 valence electrons. The molecule has 2 aliphatic heterocycles. The van der Waals surface area contributed by atoms with E-state index in [1.807, 2.05) is 43.0 Å². The topological polar surface area (TPSA) is 73.9 Å². The maximum atomic E-state index is 12.7. The molecule has 2 heterocycles. The molecule has 1 aromatic rings. The van der Waals surface area contributed by atoms with E-state index < -0.39 is 0 Å². The van der Waals surface area contributed by atoms with Crippen molar-refractivity contribution in [3.05, 3.63) is 35.4 Å². The fourth-order valence-corrected chi connectivity index (χ4v) is 4.67. The summed E-state index contributed by atoms with van der Waals surface area (Å²) >= 11 is 0. The highest BCUT2D eigenvalue weighted by Crippen LogP contribution is 2.17. The van der Waals surface area contributed by atoms with Gasteiger partial charge < -0.3 is 25.2 Å². The van der Waals surface area contributed by atoms with Crippen LogP contribution in [-0.2, 0) is 11.3 Å². The van der Waals surface area contributed by atoms with Crippen LogP contribution >= 0.6 is 0 Å². The molecule has 0 spiro atoms. The summed E-state index contributed by atoms with van der Waals surface area (Å²) in [5, 5.41) is 5.84. The number of likely N-dealkylation sites (tertiary alicyclic amines) is 1. The number of nitrogens with one attached hydrogen (secondary N) is 2. The predicted octanol–water partition coefficient (Wildman–Crippen LogP) is 3.39. The van der Waals surface area contributed by atoms with Gasteiger partial charge in [0.2, 0.25) is 0 Å². The Morgan fingerprint density at radius 2 is 1.72 bits per heavy atom. The van der Waals surface area contributed by atoms with E-state index in [9.17, 15) is 9.59 Å². The maximum absolute atomic E-state index is 12.7. The van der Waals surface area contributed by atoms with Gasteiger partial charge in [0.15, 0.2) is 0 Å². The lowest BCUT2D eigenvalue weighted by atomic mass is 10.0. The summed E-state index contributed by atoms with van der Waals surface area (Å²) in [5.41, 5.74) is 1.64. The van der Waals surface area contributed by atoms with Gasteiger partial charge in [-0.25, -0.2) is 4.79 Å². The third kappa shape index (κ3) is 7.48. The lowest BCUT2D eigenvalue weighted by Gasteiger charge is -2.35. The Morgan fingerprint density at radius 3 is 2.41 bits per heavy atom. The largest absolute Gasteiger partial charge is 0.372 e. The van der Waals surface area contributed by atoms with Crippen molar-refractivity contribution in [2.45, 2.75) is 77.7 Å². The molecular formula is C25H40N4O3. The predicted molar refractivity (Wildman–Crippen MR) is 127 cm³/mol. The van der Waals surface area contributed by atoms with Crippen LogP contribution in [0.3, 0.4) is 0 Å². The summed E-state index contributed by atoms with van der Waals surface area (Å²) in [5.74, 6) is 0.0307. The minimum atomic E-state index is -0.146. The molecule has 7 nitrogen and oxygen atoms in total. The summed E-state index contributed by atoms with van der Waals surface area (Å²) in [4.78, 5) is 29.2. The van der Waals surface area contributed by atoms with Crippen molar-refractivity contribution < 1.29 is 14.3 Å². The van der Waals surface area contributed by atoms with E-state index in [0.717, 1.165) is 24.9 Å². The molecule has 32 heavy (non-hydrogen) atoms. The number of hydrogen-bond acceptors (Lipinski definition) is 4. The van der Waals surface area contributed by atoms with Gasteiger partial charge in [-0.15, -0.1) is 0 Å². The number of carbonyl (C=O) groups is 2. The van der Waals surface area contributed by atoms with Crippen molar-refractivity contribution in [3.63, 3.8) is 0 Å². The number of hydrogen-bond donors (Lipinski definition) is 2. The molecule has 3 unspecified atom stereocenters. The maximum Gasteiger partial charge on any atom is 0.315 e. The average Bonchev–Trinajstić information content (AvgIpc) is 2.78. The van der Waals surface area contributed by atoms with E-state index in [1.54, 1.807) is 0 Å². The van der Waals surface area contributed by atoms with E-state index in [2.05, 4.69) is 22.5 Å². The molecule has 2 saturated heterocycles. The highest BCUT2D eigenvalue weighted by Gasteiger charge is 2.26. The molecule has 0 radical (unpaired) electrons. The van der Waals surface area contributed by atoms with Crippen molar-refractivity contribution in [1.29, 1.82) is 0 Å². The number of rotatable bonds is 8. The van der Waals surface area contributed by atoms with Crippen LogP contribution < -0.4 is 10.6 Å². The molecule has 1 aromatic carbocycles. The molecule has 2 N–H and O–H groups in total. The third-order valence-corrected chi connectivity index (χ3v) is 6.46. The first-order chi connectivity index (χ1) is 15.4. The molecule has 0 saturated carbocycles. The zero-order valence-corrected chi connectivity index (χ0v) is 19.9. The van der Waals surface area contributed by atoms with Crippen LogP contribution in [0, 0.1) is 0 Å². The van der Waals surface area contributed by atoms with Crippen LogP contribution in [0.1, 0.15) is 68.8 Å². The number of ether oxygens (including phenoxy) is 1. The van der Waals surface area contributed by atoms with Crippen molar-refractivity contribution in [2.24, 2.45) is 0 Å². The summed E-state index contributed by atoms with van der Waals surface area (Å²) in [7, 11) is 0. The van der Waals surface area contributed by atoms with Crippen LogP contribution in [-0.4, -0.2) is 72.7 Å². The number of carbonyl (C=O) groups excluding carboxylic acids is 2. The quantitative estimate of drug-likeness (QED) is 0.603. The Hall–Kier alpha value is -2.12. The van der Waals surface area contributed by atoms with E-state index in [0.29, 0.717) is 37.8 Å². The number of morpholine rings is 1. The number of amides is 3. The Labute approximate surface area is 192 Å². The molecule has 3 atom stereocenters. The molecule has 0 aromatic heterocycles. The van der Waals surface area contributed by atoms with Gasteiger partial charge in [-0.2, -0.15) is 0 Å². The van der Waals surface area contributed by atoms with E-state index >= 15 is 0 Å².